The Morgan fingerprint density at radius 3 is 2.30 bits per heavy atom. The van der Waals surface area contributed by atoms with E-state index in [0.29, 0.717) is 12.1 Å². The van der Waals surface area contributed by atoms with Crippen molar-refractivity contribution in [2.75, 3.05) is 13.1 Å². The third kappa shape index (κ3) is 5.98. The van der Waals surface area contributed by atoms with Crippen molar-refractivity contribution in [1.82, 2.24) is 10.2 Å². The Morgan fingerprint density at radius 1 is 1.09 bits per heavy atom. The minimum atomic E-state index is -0.403. The first kappa shape index (κ1) is 18.6. The molecule has 2 unspecified atom stereocenters. The number of amides is 1. The molecule has 4 heteroatoms. The van der Waals surface area contributed by atoms with Crippen molar-refractivity contribution in [3.8, 4) is 0 Å². The minimum Gasteiger partial charge on any atom is -0.444 e. The molecule has 1 saturated heterocycles. The first-order chi connectivity index (χ1) is 10.7. The molecule has 0 radical (unpaired) electrons. The molecule has 1 heterocycles. The second-order valence-corrected chi connectivity index (χ2v) is 8.78. The lowest BCUT2D eigenvalue weighted by molar-refractivity contribution is 0.0193. The number of nitrogens with zero attached hydrogens (tertiary/aromatic N) is 1. The van der Waals surface area contributed by atoms with E-state index in [-0.39, 0.29) is 6.09 Å². The summed E-state index contributed by atoms with van der Waals surface area (Å²) in [6.45, 7) is 12.1. The second kappa shape index (κ2) is 7.87. The van der Waals surface area contributed by atoms with E-state index < -0.39 is 5.60 Å². The Labute approximate surface area is 142 Å². The number of ether oxygens (including phenoxy) is 1. The molecule has 1 amide bonds. The summed E-state index contributed by atoms with van der Waals surface area (Å²) in [6, 6.07) is 1.24. The highest BCUT2D eigenvalue weighted by atomic mass is 16.6. The van der Waals surface area contributed by atoms with Crippen LogP contribution in [0.15, 0.2) is 0 Å². The van der Waals surface area contributed by atoms with E-state index in [9.17, 15) is 4.79 Å². The Kier molecular flexibility index (Phi) is 6.35. The number of carbonyl (C=O) groups excluding carboxylic acids is 1. The summed E-state index contributed by atoms with van der Waals surface area (Å²) in [5.41, 5.74) is -0.403. The van der Waals surface area contributed by atoms with E-state index in [4.69, 9.17) is 4.74 Å². The summed E-state index contributed by atoms with van der Waals surface area (Å²) < 4.78 is 5.47. The quantitative estimate of drug-likeness (QED) is 0.846. The maximum Gasteiger partial charge on any atom is 0.410 e. The molecule has 2 aliphatic rings. The molecule has 0 bridgehead atoms. The van der Waals surface area contributed by atoms with E-state index in [1.165, 1.54) is 25.7 Å². The molecule has 0 aromatic carbocycles. The second-order valence-electron chi connectivity index (χ2n) is 8.78. The molecule has 1 aliphatic carbocycles. The average Bonchev–Trinajstić information content (AvgIpc) is 2.46. The summed E-state index contributed by atoms with van der Waals surface area (Å²) >= 11 is 0. The Hall–Kier alpha value is -0.770. The fourth-order valence-corrected chi connectivity index (χ4v) is 3.87. The maximum atomic E-state index is 12.1. The van der Waals surface area contributed by atoms with Gasteiger partial charge in [0.25, 0.3) is 0 Å². The summed E-state index contributed by atoms with van der Waals surface area (Å²) in [5.74, 6) is 1.68. The van der Waals surface area contributed by atoms with E-state index in [1.807, 2.05) is 25.7 Å². The van der Waals surface area contributed by atoms with Gasteiger partial charge in [-0.3, -0.25) is 0 Å². The molecule has 1 aliphatic heterocycles. The van der Waals surface area contributed by atoms with Gasteiger partial charge >= 0.3 is 6.09 Å². The summed E-state index contributed by atoms with van der Waals surface area (Å²) in [6.07, 6.45) is 7.32. The van der Waals surface area contributed by atoms with Crippen LogP contribution in [-0.4, -0.2) is 41.8 Å². The number of rotatable bonds is 3. The summed E-state index contributed by atoms with van der Waals surface area (Å²) in [5, 5.41) is 3.87. The Bertz CT molecular complexity index is 381. The number of nitrogens with one attached hydrogen (secondary N) is 1. The number of piperidine rings is 1. The van der Waals surface area contributed by atoms with Crippen LogP contribution in [0.5, 0.6) is 0 Å². The highest BCUT2D eigenvalue weighted by Gasteiger charge is 2.30. The average molecular weight is 325 g/mol. The van der Waals surface area contributed by atoms with Gasteiger partial charge in [0, 0.05) is 25.2 Å². The summed E-state index contributed by atoms with van der Waals surface area (Å²) in [7, 11) is 0. The van der Waals surface area contributed by atoms with Gasteiger partial charge in [-0.15, -0.1) is 0 Å². The molecular formula is C19H36N2O2. The van der Waals surface area contributed by atoms with Crippen LogP contribution in [0.4, 0.5) is 4.79 Å². The number of hydrogen-bond donors (Lipinski definition) is 1. The zero-order valence-corrected chi connectivity index (χ0v) is 15.7. The SMILES string of the molecule is CC(C)C1CCCC(NC2CCN(C(=O)OC(C)(C)C)CC2)C1. The van der Waals surface area contributed by atoms with Gasteiger partial charge < -0.3 is 15.0 Å². The van der Waals surface area contributed by atoms with Crippen molar-refractivity contribution >= 4 is 6.09 Å². The first-order valence-corrected chi connectivity index (χ1v) is 9.48. The topological polar surface area (TPSA) is 41.6 Å². The third-order valence-corrected chi connectivity index (χ3v) is 5.28. The first-order valence-electron chi connectivity index (χ1n) is 9.48. The van der Waals surface area contributed by atoms with Crippen molar-refractivity contribution in [3.63, 3.8) is 0 Å². The van der Waals surface area contributed by atoms with Gasteiger partial charge in [0.15, 0.2) is 0 Å². The molecule has 0 spiro atoms. The molecule has 0 aromatic rings. The molecule has 1 saturated carbocycles. The van der Waals surface area contributed by atoms with Crippen LogP contribution in [0.3, 0.4) is 0 Å². The van der Waals surface area contributed by atoms with Crippen LogP contribution < -0.4 is 5.32 Å². The smallest absolute Gasteiger partial charge is 0.410 e. The molecule has 4 nitrogen and oxygen atoms in total. The molecular weight excluding hydrogens is 288 g/mol. The maximum absolute atomic E-state index is 12.1. The lowest BCUT2D eigenvalue weighted by Gasteiger charge is -2.38. The lowest BCUT2D eigenvalue weighted by atomic mass is 9.79. The standard InChI is InChI=1S/C19H36N2O2/c1-14(2)15-7-6-8-17(13-15)20-16-9-11-21(12-10-16)18(22)23-19(3,4)5/h14-17,20H,6-13H2,1-5H3. The van der Waals surface area contributed by atoms with E-state index in [2.05, 4.69) is 19.2 Å². The Morgan fingerprint density at radius 2 is 1.74 bits per heavy atom. The zero-order chi connectivity index (χ0) is 17.0. The monoisotopic (exact) mass is 324 g/mol. The van der Waals surface area contributed by atoms with Crippen molar-refractivity contribution in [2.45, 2.75) is 90.8 Å². The van der Waals surface area contributed by atoms with E-state index >= 15 is 0 Å². The highest BCUT2D eigenvalue weighted by molar-refractivity contribution is 5.68. The molecule has 2 rings (SSSR count). The zero-order valence-electron chi connectivity index (χ0n) is 15.7. The van der Waals surface area contributed by atoms with Crippen molar-refractivity contribution in [3.05, 3.63) is 0 Å². The molecule has 23 heavy (non-hydrogen) atoms. The summed E-state index contributed by atoms with van der Waals surface area (Å²) in [4.78, 5) is 14.0. The normalized spacial score (nSPS) is 27.3. The predicted molar refractivity (Wildman–Crippen MR) is 94.5 cm³/mol. The van der Waals surface area contributed by atoms with Gasteiger partial charge in [0.05, 0.1) is 0 Å². The van der Waals surface area contributed by atoms with Crippen molar-refractivity contribution < 1.29 is 9.53 Å². The van der Waals surface area contributed by atoms with Crippen LogP contribution in [0.1, 0.15) is 73.1 Å². The largest absolute Gasteiger partial charge is 0.444 e. The highest BCUT2D eigenvalue weighted by Crippen LogP contribution is 2.30. The fourth-order valence-electron chi connectivity index (χ4n) is 3.87. The molecule has 2 atom stereocenters. The fraction of sp³-hybridized carbons (Fsp3) is 0.947. The number of likely N-dealkylation sites (tertiary alicyclic amines) is 1. The van der Waals surface area contributed by atoms with Gasteiger partial charge in [0.2, 0.25) is 0 Å². The Balaban J connectivity index is 1.73. The molecule has 2 fully saturated rings. The van der Waals surface area contributed by atoms with E-state index in [0.717, 1.165) is 37.8 Å². The van der Waals surface area contributed by atoms with Crippen LogP contribution in [0, 0.1) is 11.8 Å². The molecule has 0 aromatic heterocycles. The van der Waals surface area contributed by atoms with Gasteiger partial charge in [-0.25, -0.2) is 4.79 Å². The molecule has 1 N–H and O–H groups in total. The van der Waals surface area contributed by atoms with E-state index in [1.54, 1.807) is 0 Å². The van der Waals surface area contributed by atoms with Crippen LogP contribution in [-0.2, 0) is 4.74 Å². The van der Waals surface area contributed by atoms with Crippen LogP contribution in [0.2, 0.25) is 0 Å². The van der Waals surface area contributed by atoms with Gasteiger partial charge in [-0.05, 0) is 58.3 Å². The predicted octanol–water partition coefficient (Wildman–Crippen LogP) is 4.19. The van der Waals surface area contributed by atoms with Gasteiger partial charge in [0.1, 0.15) is 5.60 Å². The number of carbonyl (C=O) groups is 1. The van der Waals surface area contributed by atoms with Gasteiger partial charge in [-0.2, -0.15) is 0 Å². The van der Waals surface area contributed by atoms with Crippen molar-refractivity contribution in [2.24, 2.45) is 11.8 Å². The minimum absolute atomic E-state index is 0.159. The lowest BCUT2D eigenvalue weighted by Crippen LogP contribution is -2.49. The molecule has 134 valence electrons. The van der Waals surface area contributed by atoms with Crippen LogP contribution in [0.25, 0.3) is 0 Å². The number of hydrogen-bond acceptors (Lipinski definition) is 3. The third-order valence-electron chi connectivity index (χ3n) is 5.28. The van der Waals surface area contributed by atoms with Gasteiger partial charge in [-0.1, -0.05) is 26.7 Å². The van der Waals surface area contributed by atoms with Crippen molar-refractivity contribution in [1.29, 1.82) is 0 Å². The van der Waals surface area contributed by atoms with Crippen LogP contribution >= 0.6 is 0 Å².